The van der Waals surface area contributed by atoms with Crippen molar-refractivity contribution in [2.75, 3.05) is 19.7 Å². The molecule has 0 amide bonds. The van der Waals surface area contributed by atoms with E-state index in [1.807, 2.05) is 25.1 Å². The molecule has 1 aliphatic rings. The summed E-state index contributed by atoms with van der Waals surface area (Å²) in [6, 6.07) is 16.3. The molecule has 0 saturated carbocycles. The van der Waals surface area contributed by atoms with Crippen LogP contribution in [0.5, 0.6) is 0 Å². The van der Waals surface area contributed by atoms with Gasteiger partial charge in [0.15, 0.2) is 0 Å². The number of piperidine rings is 1. The van der Waals surface area contributed by atoms with E-state index in [0.717, 1.165) is 31.5 Å². The molecule has 0 aliphatic carbocycles. The summed E-state index contributed by atoms with van der Waals surface area (Å²) in [5.41, 5.74) is 2.19. The van der Waals surface area contributed by atoms with Gasteiger partial charge < -0.3 is 10.1 Å². The summed E-state index contributed by atoms with van der Waals surface area (Å²) in [5.74, 6) is 0. The molecule has 0 aromatic heterocycles. The Kier molecular flexibility index (Phi) is 5.83. The molecule has 1 heterocycles. The summed E-state index contributed by atoms with van der Waals surface area (Å²) in [6.45, 7) is 4.61. The Bertz CT molecular complexity index is 669. The van der Waals surface area contributed by atoms with Crippen molar-refractivity contribution in [1.82, 2.24) is 5.32 Å². The molecule has 2 nitrogen and oxygen atoms in total. The molecule has 1 aliphatic heterocycles. The SMILES string of the molecule is CCOC(c1cc(Cl)ccc1Cl)C1(c2ccccc2)CCNCC1. The number of halogens is 2. The maximum absolute atomic E-state index is 6.54. The van der Waals surface area contributed by atoms with E-state index in [0.29, 0.717) is 16.7 Å². The van der Waals surface area contributed by atoms with Crippen LogP contribution in [0.2, 0.25) is 10.0 Å². The Morgan fingerprint density at radius 2 is 1.79 bits per heavy atom. The van der Waals surface area contributed by atoms with Crippen molar-refractivity contribution in [2.45, 2.75) is 31.3 Å². The van der Waals surface area contributed by atoms with Gasteiger partial charge in [-0.05, 0) is 56.6 Å². The third-order valence-corrected chi connectivity index (χ3v) is 5.50. The van der Waals surface area contributed by atoms with E-state index in [2.05, 4.69) is 35.6 Å². The monoisotopic (exact) mass is 363 g/mol. The average molecular weight is 364 g/mol. The third-order valence-electron chi connectivity index (χ3n) is 4.92. The molecule has 2 aromatic carbocycles. The number of ether oxygens (including phenoxy) is 1. The third kappa shape index (κ3) is 3.48. The van der Waals surface area contributed by atoms with Crippen LogP contribution < -0.4 is 5.32 Å². The minimum atomic E-state index is -0.113. The fourth-order valence-corrected chi connectivity index (χ4v) is 4.17. The molecule has 1 fully saturated rings. The van der Waals surface area contributed by atoms with Crippen LogP contribution in [0.3, 0.4) is 0 Å². The van der Waals surface area contributed by atoms with Gasteiger partial charge >= 0.3 is 0 Å². The zero-order chi connectivity index (χ0) is 17.0. The molecule has 0 spiro atoms. The van der Waals surface area contributed by atoms with Crippen molar-refractivity contribution in [2.24, 2.45) is 0 Å². The highest BCUT2D eigenvalue weighted by Crippen LogP contribution is 2.48. The van der Waals surface area contributed by atoms with Crippen molar-refractivity contribution in [3.63, 3.8) is 0 Å². The van der Waals surface area contributed by atoms with Gasteiger partial charge in [0.05, 0.1) is 6.10 Å². The first-order chi connectivity index (χ1) is 11.7. The summed E-state index contributed by atoms with van der Waals surface area (Å²) in [7, 11) is 0. The Balaban J connectivity index is 2.13. The standard InChI is InChI=1S/C20H23Cl2NO/c1-2-24-19(17-14-16(21)8-9-18(17)22)20(10-12-23-13-11-20)15-6-4-3-5-7-15/h3-9,14,19,23H,2,10-13H2,1H3. The maximum Gasteiger partial charge on any atom is 0.0937 e. The van der Waals surface area contributed by atoms with E-state index in [1.54, 1.807) is 0 Å². The summed E-state index contributed by atoms with van der Waals surface area (Å²) >= 11 is 12.8. The maximum atomic E-state index is 6.54. The fourth-order valence-electron chi connectivity index (χ4n) is 3.77. The molecule has 2 aromatic rings. The molecule has 4 heteroatoms. The summed E-state index contributed by atoms with van der Waals surface area (Å²) in [5, 5.41) is 4.87. The molecule has 3 rings (SSSR count). The number of hydrogen-bond acceptors (Lipinski definition) is 2. The van der Waals surface area contributed by atoms with Gasteiger partial charge in [-0.1, -0.05) is 53.5 Å². The predicted octanol–water partition coefficient (Wildman–Crippen LogP) is 5.39. The topological polar surface area (TPSA) is 21.3 Å². The minimum Gasteiger partial charge on any atom is -0.373 e. The molecule has 1 atom stereocenters. The molecule has 1 N–H and O–H groups in total. The highest BCUT2D eigenvalue weighted by atomic mass is 35.5. The summed E-state index contributed by atoms with van der Waals surface area (Å²) in [4.78, 5) is 0. The van der Waals surface area contributed by atoms with Crippen molar-refractivity contribution in [1.29, 1.82) is 0 Å². The van der Waals surface area contributed by atoms with Crippen LogP contribution in [0.1, 0.15) is 37.0 Å². The first kappa shape index (κ1) is 17.8. The molecule has 1 unspecified atom stereocenters. The first-order valence-corrected chi connectivity index (χ1v) is 9.26. The minimum absolute atomic E-state index is 0.100. The van der Waals surface area contributed by atoms with Crippen molar-refractivity contribution < 1.29 is 4.74 Å². The van der Waals surface area contributed by atoms with Gasteiger partial charge in [0.25, 0.3) is 0 Å². The van der Waals surface area contributed by atoms with E-state index in [1.165, 1.54) is 5.56 Å². The van der Waals surface area contributed by atoms with Gasteiger partial charge in [-0.3, -0.25) is 0 Å². The second-order valence-electron chi connectivity index (χ2n) is 6.27. The van der Waals surface area contributed by atoms with Gasteiger partial charge in [-0.2, -0.15) is 0 Å². The lowest BCUT2D eigenvalue weighted by Gasteiger charge is -2.44. The second kappa shape index (κ2) is 7.88. The first-order valence-electron chi connectivity index (χ1n) is 8.50. The zero-order valence-corrected chi connectivity index (χ0v) is 15.4. The van der Waals surface area contributed by atoms with Gasteiger partial charge in [0.2, 0.25) is 0 Å². The molecule has 24 heavy (non-hydrogen) atoms. The largest absolute Gasteiger partial charge is 0.373 e. The van der Waals surface area contributed by atoms with Crippen LogP contribution in [0.15, 0.2) is 48.5 Å². The van der Waals surface area contributed by atoms with Crippen molar-refractivity contribution in [3.05, 3.63) is 69.7 Å². The molecule has 0 bridgehead atoms. The average Bonchev–Trinajstić information content (AvgIpc) is 2.63. The van der Waals surface area contributed by atoms with Crippen molar-refractivity contribution >= 4 is 23.2 Å². The Morgan fingerprint density at radius 3 is 2.46 bits per heavy atom. The van der Waals surface area contributed by atoms with E-state index in [-0.39, 0.29) is 11.5 Å². The number of benzene rings is 2. The van der Waals surface area contributed by atoms with E-state index >= 15 is 0 Å². The predicted molar refractivity (Wildman–Crippen MR) is 101 cm³/mol. The summed E-state index contributed by atoms with van der Waals surface area (Å²) < 4.78 is 6.29. The summed E-state index contributed by atoms with van der Waals surface area (Å²) in [6.07, 6.45) is 1.90. The Labute approximate surface area is 154 Å². The van der Waals surface area contributed by atoms with Crippen LogP contribution >= 0.6 is 23.2 Å². The van der Waals surface area contributed by atoms with E-state index in [4.69, 9.17) is 27.9 Å². The molecular formula is C20H23Cl2NO. The van der Waals surface area contributed by atoms with Crippen molar-refractivity contribution in [3.8, 4) is 0 Å². The highest BCUT2D eigenvalue weighted by molar-refractivity contribution is 6.33. The number of rotatable bonds is 5. The van der Waals surface area contributed by atoms with Crippen LogP contribution in [-0.4, -0.2) is 19.7 Å². The van der Waals surface area contributed by atoms with E-state index < -0.39 is 0 Å². The van der Waals surface area contributed by atoms with Crippen LogP contribution in [0.25, 0.3) is 0 Å². The van der Waals surface area contributed by atoms with Gasteiger partial charge in [-0.15, -0.1) is 0 Å². The molecule has 1 saturated heterocycles. The van der Waals surface area contributed by atoms with Crippen LogP contribution in [0, 0.1) is 0 Å². The van der Waals surface area contributed by atoms with Gasteiger partial charge in [0.1, 0.15) is 0 Å². The Morgan fingerprint density at radius 1 is 1.08 bits per heavy atom. The Hall–Kier alpha value is -1.06. The van der Waals surface area contributed by atoms with Crippen LogP contribution in [0.4, 0.5) is 0 Å². The molecule has 128 valence electrons. The lowest BCUT2D eigenvalue weighted by Crippen LogP contribution is -2.45. The van der Waals surface area contributed by atoms with E-state index in [9.17, 15) is 0 Å². The highest BCUT2D eigenvalue weighted by Gasteiger charge is 2.43. The zero-order valence-electron chi connectivity index (χ0n) is 13.9. The normalized spacial score (nSPS) is 18.3. The molecular weight excluding hydrogens is 341 g/mol. The van der Waals surface area contributed by atoms with Gasteiger partial charge in [0, 0.05) is 27.6 Å². The quantitative estimate of drug-likeness (QED) is 0.768. The number of hydrogen-bond donors (Lipinski definition) is 1. The van der Waals surface area contributed by atoms with Gasteiger partial charge in [-0.25, -0.2) is 0 Å². The number of nitrogens with one attached hydrogen (secondary N) is 1. The second-order valence-corrected chi connectivity index (χ2v) is 7.12. The lowest BCUT2D eigenvalue weighted by molar-refractivity contribution is -0.0130. The smallest absolute Gasteiger partial charge is 0.0937 e. The van der Waals surface area contributed by atoms with Crippen LogP contribution in [-0.2, 0) is 10.2 Å². The fraction of sp³-hybridized carbons (Fsp3) is 0.400. The lowest BCUT2D eigenvalue weighted by atomic mass is 9.67. The molecule has 0 radical (unpaired) electrons.